The van der Waals surface area contributed by atoms with Crippen molar-refractivity contribution in [2.75, 3.05) is 6.61 Å². The van der Waals surface area contributed by atoms with Crippen molar-refractivity contribution in [2.24, 2.45) is 5.73 Å². The molecule has 0 spiro atoms. The number of amides is 1. The molecule has 0 fully saturated rings. The van der Waals surface area contributed by atoms with Crippen molar-refractivity contribution < 1.29 is 9.53 Å². The highest BCUT2D eigenvalue weighted by atomic mass is 79.9. The maximum Gasteiger partial charge on any atom is 0.239 e. The largest absolute Gasteiger partial charge is 0.493 e. The highest BCUT2D eigenvalue weighted by molar-refractivity contribution is 9.10. The highest BCUT2D eigenvalue weighted by Gasteiger charge is 2.23. The second-order valence-electron chi connectivity index (χ2n) is 5.06. The van der Waals surface area contributed by atoms with E-state index in [0.29, 0.717) is 13.2 Å². The molecule has 0 saturated heterocycles. The summed E-state index contributed by atoms with van der Waals surface area (Å²) in [7, 11) is 0. The van der Waals surface area contributed by atoms with Gasteiger partial charge in [-0.3, -0.25) is 4.79 Å². The number of nitrogens with two attached hydrogens (primary N) is 1. The van der Waals surface area contributed by atoms with Gasteiger partial charge >= 0.3 is 0 Å². The average molecular weight is 313 g/mol. The first-order chi connectivity index (χ1) is 8.38. The van der Waals surface area contributed by atoms with Crippen LogP contribution in [-0.4, -0.2) is 18.1 Å². The van der Waals surface area contributed by atoms with Crippen LogP contribution >= 0.6 is 15.9 Å². The van der Waals surface area contributed by atoms with Crippen LogP contribution in [-0.2, 0) is 17.8 Å². The fourth-order valence-corrected chi connectivity index (χ4v) is 2.43. The van der Waals surface area contributed by atoms with Gasteiger partial charge in [0.2, 0.25) is 5.91 Å². The van der Waals surface area contributed by atoms with Gasteiger partial charge in [-0.2, -0.15) is 0 Å². The SMILES string of the molecule is CC(C)(N)C(=O)NCc1cc(Br)cc2c1OCC2. The van der Waals surface area contributed by atoms with Crippen LogP contribution in [0.4, 0.5) is 0 Å². The fraction of sp³-hybridized carbons (Fsp3) is 0.462. The molecule has 0 radical (unpaired) electrons. The van der Waals surface area contributed by atoms with E-state index in [1.165, 1.54) is 5.56 Å². The molecule has 1 amide bonds. The zero-order valence-electron chi connectivity index (χ0n) is 10.5. The third-order valence-corrected chi connectivity index (χ3v) is 3.31. The third-order valence-electron chi connectivity index (χ3n) is 2.85. The van der Waals surface area contributed by atoms with Gasteiger partial charge < -0.3 is 15.8 Å². The summed E-state index contributed by atoms with van der Waals surface area (Å²) in [5.41, 5.74) is 7.03. The summed E-state index contributed by atoms with van der Waals surface area (Å²) in [6.07, 6.45) is 0.915. The van der Waals surface area contributed by atoms with Crippen LogP contribution in [0.2, 0.25) is 0 Å². The van der Waals surface area contributed by atoms with Crippen molar-refractivity contribution >= 4 is 21.8 Å². The summed E-state index contributed by atoms with van der Waals surface area (Å²) in [4.78, 5) is 11.7. The highest BCUT2D eigenvalue weighted by Crippen LogP contribution is 2.32. The van der Waals surface area contributed by atoms with E-state index in [4.69, 9.17) is 10.5 Å². The van der Waals surface area contributed by atoms with Crippen LogP contribution in [0, 0.1) is 0 Å². The molecular weight excluding hydrogens is 296 g/mol. The summed E-state index contributed by atoms with van der Waals surface area (Å²) in [6.45, 7) is 4.50. The molecule has 98 valence electrons. The molecule has 0 saturated carbocycles. The van der Waals surface area contributed by atoms with E-state index in [2.05, 4.69) is 27.3 Å². The minimum absolute atomic E-state index is 0.172. The lowest BCUT2D eigenvalue weighted by Crippen LogP contribution is -2.48. The van der Waals surface area contributed by atoms with Crippen LogP contribution in [0.3, 0.4) is 0 Å². The molecule has 2 rings (SSSR count). The molecule has 1 aromatic carbocycles. The first-order valence-corrected chi connectivity index (χ1v) is 6.68. The smallest absolute Gasteiger partial charge is 0.239 e. The Kier molecular flexibility index (Phi) is 3.64. The van der Waals surface area contributed by atoms with Gasteiger partial charge in [0.05, 0.1) is 12.1 Å². The maximum absolute atomic E-state index is 11.7. The number of halogens is 1. The molecule has 18 heavy (non-hydrogen) atoms. The Balaban J connectivity index is 2.13. The summed E-state index contributed by atoms with van der Waals surface area (Å²) in [6, 6.07) is 4.02. The lowest BCUT2D eigenvalue weighted by atomic mass is 10.1. The zero-order valence-corrected chi connectivity index (χ0v) is 12.1. The zero-order chi connectivity index (χ0) is 13.3. The first-order valence-electron chi connectivity index (χ1n) is 5.89. The summed E-state index contributed by atoms with van der Waals surface area (Å²) < 4.78 is 6.60. The number of hydrogen-bond donors (Lipinski definition) is 2. The quantitative estimate of drug-likeness (QED) is 0.893. The van der Waals surface area contributed by atoms with Gasteiger partial charge in [-0.25, -0.2) is 0 Å². The third kappa shape index (κ3) is 2.84. The Labute approximate surface area is 115 Å². The Morgan fingerprint density at radius 1 is 1.56 bits per heavy atom. The van der Waals surface area contributed by atoms with Crippen LogP contribution in [0.5, 0.6) is 5.75 Å². The number of hydrogen-bond acceptors (Lipinski definition) is 3. The molecule has 3 N–H and O–H groups in total. The molecular formula is C13H17BrN2O2. The normalized spacial score (nSPS) is 14.0. The van der Waals surface area contributed by atoms with Crippen LogP contribution in [0.1, 0.15) is 25.0 Å². The monoisotopic (exact) mass is 312 g/mol. The first kappa shape index (κ1) is 13.4. The molecule has 0 bridgehead atoms. The predicted octanol–water partition coefficient (Wildman–Crippen LogP) is 1.74. The van der Waals surface area contributed by atoms with Gasteiger partial charge in [0.25, 0.3) is 0 Å². The molecule has 0 aromatic heterocycles. The molecule has 1 aromatic rings. The maximum atomic E-state index is 11.7. The average Bonchev–Trinajstić information content (AvgIpc) is 2.71. The van der Waals surface area contributed by atoms with Crippen molar-refractivity contribution in [1.29, 1.82) is 0 Å². The van der Waals surface area contributed by atoms with E-state index in [9.17, 15) is 4.79 Å². The van der Waals surface area contributed by atoms with E-state index in [1.54, 1.807) is 13.8 Å². The van der Waals surface area contributed by atoms with Crippen molar-refractivity contribution in [3.63, 3.8) is 0 Å². The summed E-state index contributed by atoms with van der Waals surface area (Å²) >= 11 is 3.47. The number of ether oxygens (including phenoxy) is 1. The van der Waals surface area contributed by atoms with Crippen molar-refractivity contribution in [3.8, 4) is 5.75 Å². The van der Waals surface area contributed by atoms with Crippen molar-refractivity contribution in [2.45, 2.75) is 32.4 Å². The van der Waals surface area contributed by atoms with E-state index in [0.717, 1.165) is 22.2 Å². The molecule has 1 aliphatic heterocycles. The molecule has 4 nitrogen and oxygen atoms in total. The summed E-state index contributed by atoms with van der Waals surface area (Å²) in [5.74, 6) is 0.725. The number of carbonyl (C=O) groups is 1. The number of carbonyl (C=O) groups excluding carboxylic acids is 1. The van der Waals surface area contributed by atoms with E-state index in [-0.39, 0.29) is 5.91 Å². The summed E-state index contributed by atoms with van der Waals surface area (Å²) in [5, 5.41) is 2.83. The molecule has 0 atom stereocenters. The van der Waals surface area contributed by atoms with Gasteiger partial charge in [-0.15, -0.1) is 0 Å². The number of benzene rings is 1. The van der Waals surface area contributed by atoms with Crippen molar-refractivity contribution in [3.05, 3.63) is 27.7 Å². The number of rotatable bonds is 3. The van der Waals surface area contributed by atoms with Gasteiger partial charge in [-0.1, -0.05) is 15.9 Å². The molecule has 1 aliphatic rings. The van der Waals surface area contributed by atoms with Gasteiger partial charge in [0, 0.05) is 23.0 Å². The minimum atomic E-state index is -0.865. The molecule has 5 heteroatoms. The Morgan fingerprint density at radius 3 is 2.94 bits per heavy atom. The fourth-order valence-electron chi connectivity index (χ4n) is 1.88. The molecule has 0 unspecified atom stereocenters. The second kappa shape index (κ2) is 4.90. The Morgan fingerprint density at radius 2 is 2.28 bits per heavy atom. The Hall–Kier alpha value is -1.07. The lowest BCUT2D eigenvalue weighted by Gasteiger charge is -2.18. The Bertz CT molecular complexity index is 481. The van der Waals surface area contributed by atoms with Crippen LogP contribution in [0.15, 0.2) is 16.6 Å². The number of nitrogens with one attached hydrogen (secondary N) is 1. The number of fused-ring (bicyclic) bond motifs is 1. The standard InChI is InChI=1S/C13H17BrN2O2/c1-13(2,15)12(17)16-7-9-6-10(14)5-8-3-4-18-11(8)9/h5-6H,3-4,7,15H2,1-2H3,(H,16,17). The van der Waals surface area contributed by atoms with Gasteiger partial charge in [-0.05, 0) is 31.5 Å². The lowest BCUT2D eigenvalue weighted by molar-refractivity contribution is -0.125. The van der Waals surface area contributed by atoms with Gasteiger partial charge in [0.15, 0.2) is 0 Å². The molecule has 0 aliphatic carbocycles. The topological polar surface area (TPSA) is 64.4 Å². The van der Waals surface area contributed by atoms with E-state index >= 15 is 0 Å². The van der Waals surface area contributed by atoms with E-state index < -0.39 is 5.54 Å². The van der Waals surface area contributed by atoms with Gasteiger partial charge in [0.1, 0.15) is 5.75 Å². The minimum Gasteiger partial charge on any atom is -0.493 e. The second-order valence-corrected chi connectivity index (χ2v) is 5.97. The van der Waals surface area contributed by atoms with Crippen LogP contribution < -0.4 is 15.8 Å². The molecule has 1 heterocycles. The van der Waals surface area contributed by atoms with Crippen LogP contribution in [0.25, 0.3) is 0 Å². The van der Waals surface area contributed by atoms with E-state index in [1.807, 2.05) is 6.07 Å². The predicted molar refractivity (Wildman–Crippen MR) is 73.5 cm³/mol. The van der Waals surface area contributed by atoms with Crippen molar-refractivity contribution in [1.82, 2.24) is 5.32 Å².